The summed E-state index contributed by atoms with van der Waals surface area (Å²) in [5, 5.41) is 2.93. The van der Waals surface area contributed by atoms with Crippen molar-refractivity contribution in [2.45, 2.75) is 27.2 Å². The second kappa shape index (κ2) is 5.21. The van der Waals surface area contributed by atoms with E-state index in [1.165, 1.54) is 0 Å². The van der Waals surface area contributed by atoms with Crippen LogP contribution in [0.2, 0.25) is 0 Å². The average Bonchev–Trinajstić information content (AvgIpc) is 2.67. The van der Waals surface area contributed by atoms with E-state index in [1.54, 1.807) is 0 Å². The van der Waals surface area contributed by atoms with Crippen molar-refractivity contribution in [2.24, 2.45) is 5.92 Å². The maximum absolute atomic E-state index is 11.9. The number of hydrogen-bond acceptors (Lipinski definition) is 2. The van der Waals surface area contributed by atoms with Crippen LogP contribution >= 0.6 is 0 Å². The lowest BCUT2D eigenvalue weighted by atomic mass is 10.1. The van der Waals surface area contributed by atoms with Gasteiger partial charge in [-0.3, -0.25) is 4.79 Å². The summed E-state index contributed by atoms with van der Waals surface area (Å²) in [5.74, 6) is 0.571. The van der Waals surface area contributed by atoms with Gasteiger partial charge in [0.2, 0.25) is 0 Å². The zero-order valence-corrected chi connectivity index (χ0v) is 11.1. The van der Waals surface area contributed by atoms with Crippen molar-refractivity contribution in [1.29, 1.82) is 0 Å². The van der Waals surface area contributed by atoms with Gasteiger partial charge in [-0.25, -0.2) is 4.98 Å². The van der Waals surface area contributed by atoms with Crippen molar-refractivity contribution >= 4 is 11.6 Å². The molecule has 0 bridgehead atoms. The van der Waals surface area contributed by atoms with Gasteiger partial charge in [0, 0.05) is 24.5 Å². The molecule has 0 radical (unpaired) electrons. The van der Waals surface area contributed by atoms with Crippen LogP contribution in [-0.4, -0.2) is 21.8 Å². The molecule has 1 N–H and O–H groups in total. The lowest BCUT2D eigenvalue weighted by molar-refractivity contribution is 0.0952. The molecule has 2 rings (SSSR count). The first-order chi connectivity index (χ1) is 8.56. The summed E-state index contributed by atoms with van der Waals surface area (Å²) in [7, 11) is 0. The van der Waals surface area contributed by atoms with Crippen molar-refractivity contribution < 1.29 is 4.79 Å². The molecule has 1 amide bonds. The van der Waals surface area contributed by atoms with Crippen LogP contribution in [0.5, 0.6) is 0 Å². The van der Waals surface area contributed by atoms with Crippen molar-refractivity contribution in [2.75, 3.05) is 6.54 Å². The third-order valence-electron chi connectivity index (χ3n) is 2.85. The number of imidazole rings is 1. The Balaban J connectivity index is 2.08. The molecule has 0 saturated carbocycles. The van der Waals surface area contributed by atoms with Crippen molar-refractivity contribution in [1.82, 2.24) is 14.7 Å². The molecule has 0 atom stereocenters. The fraction of sp³-hybridized carbons (Fsp3) is 0.429. The highest BCUT2D eigenvalue weighted by Crippen LogP contribution is 2.08. The topological polar surface area (TPSA) is 46.4 Å². The lowest BCUT2D eigenvalue weighted by Crippen LogP contribution is -2.25. The Kier molecular flexibility index (Phi) is 3.65. The molecular formula is C14H19N3O. The standard InChI is InChI=1S/C14H19N3O/c1-10(2)4-6-15-14(18)12-5-7-17-9-11(3)16-13(17)8-12/h5,7-10H,4,6H2,1-3H3,(H,15,18). The Hall–Kier alpha value is -1.84. The van der Waals surface area contributed by atoms with Gasteiger partial charge in [-0.15, -0.1) is 0 Å². The summed E-state index contributed by atoms with van der Waals surface area (Å²) >= 11 is 0. The summed E-state index contributed by atoms with van der Waals surface area (Å²) in [4.78, 5) is 16.3. The molecule has 4 nitrogen and oxygen atoms in total. The van der Waals surface area contributed by atoms with Crippen LogP contribution < -0.4 is 5.32 Å². The van der Waals surface area contributed by atoms with Gasteiger partial charge in [-0.1, -0.05) is 13.8 Å². The molecule has 0 unspecified atom stereocenters. The van der Waals surface area contributed by atoms with E-state index in [9.17, 15) is 4.79 Å². The smallest absolute Gasteiger partial charge is 0.251 e. The number of pyridine rings is 1. The second-order valence-electron chi connectivity index (χ2n) is 5.00. The van der Waals surface area contributed by atoms with Crippen LogP contribution in [0.3, 0.4) is 0 Å². The van der Waals surface area contributed by atoms with E-state index < -0.39 is 0 Å². The monoisotopic (exact) mass is 245 g/mol. The van der Waals surface area contributed by atoms with E-state index in [1.807, 2.05) is 35.9 Å². The third kappa shape index (κ3) is 2.88. The largest absolute Gasteiger partial charge is 0.352 e. The first-order valence-electron chi connectivity index (χ1n) is 6.30. The summed E-state index contributed by atoms with van der Waals surface area (Å²) in [6.07, 6.45) is 4.80. The molecule has 2 aromatic heterocycles. The summed E-state index contributed by atoms with van der Waals surface area (Å²) in [6.45, 7) is 6.95. The van der Waals surface area contributed by atoms with Gasteiger partial charge in [0.1, 0.15) is 5.65 Å². The van der Waals surface area contributed by atoms with Gasteiger partial charge in [0.15, 0.2) is 0 Å². The van der Waals surface area contributed by atoms with Crippen molar-refractivity contribution in [3.63, 3.8) is 0 Å². The zero-order valence-electron chi connectivity index (χ0n) is 11.1. The van der Waals surface area contributed by atoms with Crippen LogP contribution in [-0.2, 0) is 0 Å². The number of fused-ring (bicyclic) bond motifs is 1. The Morgan fingerprint density at radius 1 is 1.50 bits per heavy atom. The number of aryl methyl sites for hydroxylation is 1. The molecule has 0 aliphatic rings. The number of nitrogens with one attached hydrogen (secondary N) is 1. The van der Waals surface area contributed by atoms with Gasteiger partial charge >= 0.3 is 0 Å². The normalized spacial score (nSPS) is 11.1. The van der Waals surface area contributed by atoms with Crippen LogP contribution in [0.1, 0.15) is 36.3 Å². The summed E-state index contributed by atoms with van der Waals surface area (Å²) in [6, 6.07) is 3.64. The summed E-state index contributed by atoms with van der Waals surface area (Å²) in [5.41, 5.74) is 2.42. The van der Waals surface area contributed by atoms with E-state index in [-0.39, 0.29) is 5.91 Å². The Morgan fingerprint density at radius 2 is 2.28 bits per heavy atom. The molecule has 2 heterocycles. The van der Waals surface area contributed by atoms with Crippen LogP contribution in [0.15, 0.2) is 24.5 Å². The van der Waals surface area contributed by atoms with Crippen molar-refractivity contribution in [3.8, 4) is 0 Å². The molecule has 96 valence electrons. The molecule has 2 aromatic rings. The fourth-order valence-electron chi connectivity index (χ4n) is 1.83. The minimum Gasteiger partial charge on any atom is -0.352 e. The van der Waals surface area contributed by atoms with E-state index in [0.717, 1.165) is 24.3 Å². The van der Waals surface area contributed by atoms with E-state index in [4.69, 9.17) is 0 Å². The Labute approximate surface area is 107 Å². The minimum absolute atomic E-state index is 0.0289. The van der Waals surface area contributed by atoms with Crippen LogP contribution in [0.25, 0.3) is 5.65 Å². The van der Waals surface area contributed by atoms with Gasteiger partial charge in [-0.05, 0) is 31.4 Å². The zero-order chi connectivity index (χ0) is 13.1. The lowest BCUT2D eigenvalue weighted by Gasteiger charge is -2.07. The quantitative estimate of drug-likeness (QED) is 0.899. The number of nitrogens with zero attached hydrogens (tertiary/aromatic N) is 2. The first kappa shape index (κ1) is 12.6. The van der Waals surface area contributed by atoms with Gasteiger partial charge < -0.3 is 9.72 Å². The SMILES string of the molecule is Cc1cn2ccc(C(=O)NCCC(C)C)cc2n1. The van der Waals surface area contributed by atoms with E-state index >= 15 is 0 Å². The van der Waals surface area contributed by atoms with Gasteiger partial charge in [0.25, 0.3) is 5.91 Å². The summed E-state index contributed by atoms with van der Waals surface area (Å²) < 4.78 is 1.92. The molecule has 0 saturated heterocycles. The highest BCUT2D eigenvalue weighted by atomic mass is 16.1. The number of amides is 1. The molecule has 0 aliphatic carbocycles. The molecule has 0 aliphatic heterocycles. The van der Waals surface area contributed by atoms with Gasteiger partial charge in [-0.2, -0.15) is 0 Å². The number of carbonyl (C=O) groups is 1. The predicted octanol–water partition coefficient (Wildman–Crippen LogP) is 2.42. The molecule has 0 fully saturated rings. The molecule has 18 heavy (non-hydrogen) atoms. The molecule has 4 heteroatoms. The van der Waals surface area contributed by atoms with E-state index in [2.05, 4.69) is 24.1 Å². The fourth-order valence-corrected chi connectivity index (χ4v) is 1.83. The molecular weight excluding hydrogens is 226 g/mol. The Morgan fingerprint density at radius 3 is 3.00 bits per heavy atom. The highest BCUT2D eigenvalue weighted by Gasteiger charge is 2.07. The maximum Gasteiger partial charge on any atom is 0.251 e. The van der Waals surface area contributed by atoms with Gasteiger partial charge in [0.05, 0.1) is 5.69 Å². The first-order valence-corrected chi connectivity index (χ1v) is 6.30. The predicted molar refractivity (Wildman–Crippen MR) is 71.7 cm³/mol. The maximum atomic E-state index is 11.9. The average molecular weight is 245 g/mol. The van der Waals surface area contributed by atoms with Crippen molar-refractivity contribution in [3.05, 3.63) is 35.8 Å². The third-order valence-corrected chi connectivity index (χ3v) is 2.85. The molecule has 0 spiro atoms. The van der Waals surface area contributed by atoms with Crippen LogP contribution in [0, 0.1) is 12.8 Å². The number of aromatic nitrogens is 2. The number of hydrogen-bond donors (Lipinski definition) is 1. The van der Waals surface area contributed by atoms with Crippen LogP contribution in [0.4, 0.5) is 0 Å². The Bertz CT molecular complexity index is 557. The minimum atomic E-state index is -0.0289. The van der Waals surface area contributed by atoms with E-state index in [0.29, 0.717) is 11.5 Å². The number of rotatable bonds is 4. The second-order valence-corrected chi connectivity index (χ2v) is 5.00. The highest BCUT2D eigenvalue weighted by molar-refractivity contribution is 5.94. The molecule has 0 aromatic carbocycles. The number of carbonyl (C=O) groups excluding carboxylic acids is 1.